The number of anilines is 3. The van der Waals surface area contributed by atoms with Crippen LogP contribution in [0.4, 0.5) is 17.1 Å². The molecule has 0 amide bonds. The van der Waals surface area contributed by atoms with Crippen molar-refractivity contribution in [2.45, 2.75) is 0 Å². The van der Waals surface area contributed by atoms with Crippen LogP contribution in [0.15, 0.2) is 168 Å². The molecule has 206 valence electrons. The molecular formula is C42H27NO. The lowest BCUT2D eigenvalue weighted by Crippen LogP contribution is -2.12. The summed E-state index contributed by atoms with van der Waals surface area (Å²) in [5.74, 6) is 0. The maximum Gasteiger partial charge on any atom is 0.143 e. The van der Waals surface area contributed by atoms with E-state index in [0.29, 0.717) is 11.4 Å². The van der Waals surface area contributed by atoms with Crippen LogP contribution in [-0.2, 0) is 0 Å². The Morgan fingerprint density at radius 2 is 1.18 bits per heavy atom. The van der Waals surface area contributed by atoms with Crippen molar-refractivity contribution in [3.8, 4) is 11.1 Å². The Hall–Kier alpha value is -5.86. The van der Waals surface area contributed by atoms with Crippen LogP contribution in [0.1, 0.15) is 9.60 Å². The van der Waals surface area contributed by atoms with Gasteiger partial charge in [0.1, 0.15) is 11.2 Å². The van der Waals surface area contributed by atoms with E-state index in [-0.39, 0.29) is 28.5 Å². The van der Waals surface area contributed by atoms with Gasteiger partial charge in [0, 0.05) is 32.5 Å². The van der Waals surface area contributed by atoms with Gasteiger partial charge in [-0.25, -0.2) is 0 Å². The zero-order valence-electron chi connectivity index (χ0n) is 30.4. The molecule has 1 heterocycles. The molecule has 0 aliphatic rings. The van der Waals surface area contributed by atoms with Crippen LogP contribution < -0.4 is 4.90 Å². The molecule has 9 aromatic rings. The number of rotatable bonds is 4. The quantitative estimate of drug-likeness (QED) is 0.210. The van der Waals surface area contributed by atoms with Crippen molar-refractivity contribution in [1.82, 2.24) is 0 Å². The second-order valence-corrected chi connectivity index (χ2v) is 10.8. The molecule has 0 atom stereocenters. The predicted octanol–water partition coefficient (Wildman–Crippen LogP) is 12.2. The molecule has 0 saturated carbocycles. The Morgan fingerprint density at radius 1 is 0.455 bits per heavy atom. The first-order valence-corrected chi connectivity index (χ1v) is 14.5. The zero-order valence-corrected chi connectivity index (χ0v) is 23.4. The van der Waals surface area contributed by atoms with Gasteiger partial charge in [0.15, 0.2) is 0 Å². The summed E-state index contributed by atoms with van der Waals surface area (Å²) in [5, 5.41) is 5.71. The van der Waals surface area contributed by atoms with E-state index in [0.717, 1.165) is 54.6 Å². The Bertz CT molecular complexity index is 2900. The lowest BCUT2D eigenvalue weighted by molar-refractivity contribution is 0.672. The van der Waals surface area contributed by atoms with E-state index in [2.05, 4.69) is 30.3 Å². The molecule has 0 N–H and O–H groups in total. The first kappa shape index (κ1) is 18.6. The van der Waals surface area contributed by atoms with Gasteiger partial charge in [-0.1, -0.05) is 127 Å². The Balaban J connectivity index is 1.39. The van der Waals surface area contributed by atoms with Crippen LogP contribution in [0.3, 0.4) is 0 Å². The van der Waals surface area contributed by atoms with Crippen molar-refractivity contribution in [3.05, 3.63) is 164 Å². The minimum Gasteiger partial charge on any atom is -0.455 e. The molecule has 0 spiro atoms. The number of benzene rings is 8. The summed E-state index contributed by atoms with van der Waals surface area (Å²) in [6.07, 6.45) is 0. The van der Waals surface area contributed by atoms with Gasteiger partial charge < -0.3 is 9.32 Å². The van der Waals surface area contributed by atoms with Crippen LogP contribution in [0, 0.1) is 0 Å². The number of nitrogens with zero attached hydrogens (tertiary/aromatic N) is 1. The zero-order chi connectivity index (χ0) is 35.1. The number of hydrogen-bond acceptors (Lipinski definition) is 2. The molecule has 0 fully saturated rings. The van der Waals surface area contributed by atoms with Crippen molar-refractivity contribution < 1.29 is 14.0 Å². The largest absolute Gasteiger partial charge is 0.455 e. The van der Waals surface area contributed by atoms with Crippen molar-refractivity contribution in [2.75, 3.05) is 4.90 Å². The summed E-state index contributed by atoms with van der Waals surface area (Å²) < 4.78 is 68.3. The van der Waals surface area contributed by atoms with Crippen LogP contribution in [0.5, 0.6) is 0 Å². The highest BCUT2D eigenvalue weighted by atomic mass is 16.3. The second kappa shape index (κ2) is 9.86. The Kier molecular flexibility index (Phi) is 4.17. The van der Waals surface area contributed by atoms with Gasteiger partial charge in [-0.2, -0.15) is 0 Å². The molecule has 2 heteroatoms. The van der Waals surface area contributed by atoms with Gasteiger partial charge in [0.2, 0.25) is 0 Å². The van der Waals surface area contributed by atoms with Gasteiger partial charge in [0.05, 0.1) is 26.7 Å². The molecular weight excluding hydrogens is 534 g/mol. The summed E-state index contributed by atoms with van der Waals surface area (Å²) in [4.78, 5) is 1.82. The van der Waals surface area contributed by atoms with Gasteiger partial charge in [-0.3, -0.25) is 0 Å². The maximum absolute atomic E-state index is 9.35. The Morgan fingerprint density at radius 3 is 2.11 bits per heavy atom. The number of furan rings is 1. The molecule has 2 nitrogen and oxygen atoms in total. The van der Waals surface area contributed by atoms with Crippen molar-refractivity contribution in [2.24, 2.45) is 0 Å². The van der Waals surface area contributed by atoms with E-state index >= 15 is 0 Å². The fraction of sp³-hybridized carbons (Fsp3) is 0. The van der Waals surface area contributed by atoms with E-state index in [9.17, 15) is 1.37 Å². The van der Waals surface area contributed by atoms with Crippen molar-refractivity contribution in [1.29, 1.82) is 0 Å². The van der Waals surface area contributed by atoms with Crippen molar-refractivity contribution >= 4 is 71.3 Å². The second-order valence-electron chi connectivity index (χ2n) is 10.8. The highest BCUT2D eigenvalue weighted by molar-refractivity contribution is 6.16. The van der Waals surface area contributed by atoms with Crippen molar-refractivity contribution in [3.63, 3.8) is 0 Å². The summed E-state index contributed by atoms with van der Waals surface area (Å²) in [7, 11) is 0. The number of fused-ring (bicyclic) bond motifs is 7. The fourth-order valence-corrected chi connectivity index (χ4v) is 6.33. The third kappa shape index (κ3) is 3.82. The first-order chi connectivity index (χ1) is 24.7. The average molecular weight is 569 g/mol. The molecule has 1 aromatic heterocycles. The molecule has 0 radical (unpaired) electrons. The van der Waals surface area contributed by atoms with Crippen LogP contribution in [0.2, 0.25) is 0 Å². The summed E-state index contributed by atoms with van der Waals surface area (Å²) in [6.45, 7) is 0. The number of hydrogen-bond donors (Lipinski definition) is 0. The van der Waals surface area contributed by atoms with Crippen LogP contribution >= 0.6 is 0 Å². The van der Waals surface area contributed by atoms with Gasteiger partial charge in [-0.05, 0) is 58.1 Å². The maximum atomic E-state index is 9.35. The normalized spacial score (nSPS) is 13.9. The summed E-state index contributed by atoms with van der Waals surface area (Å²) >= 11 is 0. The summed E-state index contributed by atoms with van der Waals surface area (Å²) in [5.41, 5.74) is 4.59. The molecule has 0 bridgehead atoms. The van der Waals surface area contributed by atoms with Gasteiger partial charge in [0.25, 0.3) is 0 Å². The minimum atomic E-state index is -0.491. The molecule has 0 aliphatic heterocycles. The van der Waals surface area contributed by atoms with E-state index < -0.39 is 30.2 Å². The number of para-hydroxylation sites is 1. The predicted molar refractivity (Wildman–Crippen MR) is 186 cm³/mol. The lowest BCUT2D eigenvalue weighted by Gasteiger charge is -2.30. The smallest absolute Gasteiger partial charge is 0.143 e. The van der Waals surface area contributed by atoms with Gasteiger partial charge in [-0.15, -0.1) is 0 Å². The van der Waals surface area contributed by atoms with E-state index in [1.165, 1.54) is 0 Å². The lowest BCUT2D eigenvalue weighted by atomic mass is 9.98. The highest BCUT2D eigenvalue weighted by Gasteiger charge is 2.21. The molecule has 0 unspecified atom stereocenters. The monoisotopic (exact) mass is 568 g/mol. The SMILES string of the molecule is [2H]c1c([2H])c([2H])c2c(N(c3ccccc3-c3ccc4oc5c6ccccc6ccc5c4c3)c3cccc4ccccc34)c([2H])c([2H])c([2H])c2c1[2H]. The fourth-order valence-electron chi connectivity index (χ4n) is 6.33. The Labute approximate surface area is 264 Å². The van der Waals surface area contributed by atoms with Gasteiger partial charge >= 0.3 is 0 Å². The van der Waals surface area contributed by atoms with E-state index in [1.54, 1.807) is 0 Å². The summed E-state index contributed by atoms with van der Waals surface area (Å²) in [6, 6.07) is 36.7. The average Bonchev–Trinajstić information content (AvgIpc) is 3.55. The molecule has 44 heavy (non-hydrogen) atoms. The van der Waals surface area contributed by atoms with E-state index in [4.69, 9.17) is 12.6 Å². The topological polar surface area (TPSA) is 16.4 Å². The molecule has 0 saturated heterocycles. The van der Waals surface area contributed by atoms with Crippen LogP contribution in [0.25, 0.3) is 65.4 Å². The first-order valence-electron chi connectivity index (χ1n) is 18.0. The van der Waals surface area contributed by atoms with Crippen LogP contribution in [-0.4, -0.2) is 0 Å². The molecule has 8 aromatic carbocycles. The molecule has 9 rings (SSSR count). The standard InChI is InChI=1S/C42H27NO/c1-4-16-32-28(11-1)14-9-21-39(32)43(40-22-10-15-29-12-2-5-17-33(29)40)38-20-8-7-18-34(38)31-24-26-41-37(27-31)36-25-23-30-13-3-6-19-35(30)42(36)44-41/h1-27H/i1D,4D,9D,11D,14D,16D,21D. The third-order valence-electron chi connectivity index (χ3n) is 8.34. The highest BCUT2D eigenvalue weighted by Crippen LogP contribution is 2.46. The minimum absolute atomic E-state index is 0.0119. The van der Waals surface area contributed by atoms with E-state index in [1.807, 2.05) is 95.9 Å². The molecule has 0 aliphatic carbocycles. The third-order valence-corrected chi connectivity index (χ3v) is 8.34.